The molecule has 2 rings (SSSR count). The van der Waals surface area contributed by atoms with E-state index in [4.69, 9.17) is 10.00 Å². The van der Waals surface area contributed by atoms with Crippen molar-refractivity contribution in [3.05, 3.63) is 24.3 Å². The van der Waals surface area contributed by atoms with Gasteiger partial charge in [-0.2, -0.15) is 5.26 Å². The molecular formula is C18H24N3O3S+. The van der Waals surface area contributed by atoms with E-state index in [2.05, 4.69) is 11.4 Å². The number of ether oxygens (including phenoxy) is 1. The molecule has 1 unspecified atom stereocenters. The SMILES string of the molecule is CCOC(=O)[C@@H]1CCC[NH+](CC(=O)Nc2ccccc2SCC#N)C1. The van der Waals surface area contributed by atoms with Crippen molar-refractivity contribution < 1.29 is 19.2 Å². The minimum Gasteiger partial charge on any atom is -0.466 e. The molecule has 0 radical (unpaired) electrons. The number of piperidine rings is 1. The average molecular weight is 362 g/mol. The number of benzene rings is 1. The van der Waals surface area contributed by atoms with Crippen molar-refractivity contribution in [1.29, 1.82) is 5.26 Å². The van der Waals surface area contributed by atoms with E-state index in [9.17, 15) is 9.59 Å². The normalized spacial score (nSPS) is 19.7. The Morgan fingerprint density at radius 1 is 1.44 bits per heavy atom. The molecule has 0 spiro atoms. The van der Waals surface area contributed by atoms with E-state index >= 15 is 0 Å². The number of quaternary nitrogens is 1. The first-order chi connectivity index (χ1) is 12.1. The lowest BCUT2D eigenvalue weighted by molar-refractivity contribution is -0.899. The van der Waals surface area contributed by atoms with Crippen LogP contribution in [0.3, 0.4) is 0 Å². The summed E-state index contributed by atoms with van der Waals surface area (Å²) < 4.78 is 5.10. The Bertz CT molecular complexity index is 645. The fraction of sp³-hybridized carbons (Fsp3) is 0.500. The summed E-state index contributed by atoms with van der Waals surface area (Å²) in [6.07, 6.45) is 1.75. The van der Waals surface area contributed by atoms with Gasteiger partial charge in [-0.05, 0) is 31.9 Å². The molecule has 134 valence electrons. The minimum atomic E-state index is -0.154. The van der Waals surface area contributed by atoms with Crippen LogP contribution in [-0.2, 0) is 14.3 Å². The Balaban J connectivity index is 1.90. The van der Waals surface area contributed by atoms with Crippen LogP contribution < -0.4 is 10.2 Å². The van der Waals surface area contributed by atoms with Crippen LogP contribution in [0.2, 0.25) is 0 Å². The van der Waals surface area contributed by atoms with Crippen LogP contribution in [0.1, 0.15) is 19.8 Å². The zero-order valence-corrected chi connectivity index (χ0v) is 15.2. The number of thioether (sulfide) groups is 1. The summed E-state index contributed by atoms with van der Waals surface area (Å²) in [5.74, 6) is -0.0104. The van der Waals surface area contributed by atoms with Crippen LogP contribution in [0.4, 0.5) is 5.69 Å². The molecule has 1 amide bonds. The maximum absolute atomic E-state index is 12.4. The number of para-hydroxylation sites is 1. The van der Waals surface area contributed by atoms with Gasteiger partial charge in [0.05, 0.1) is 37.2 Å². The molecule has 1 aromatic rings. The third-order valence-corrected chi connectivity index (χ3v) is 5.04. The molecule has 0 aromatic heterocycles. The third-order valence-electron chi connectivity index (χ3n) is 4.10. The lowest BCUT2D eigenvalue weighted by atomic mass is 9.98. The lowest BCUT2D eigenvalue weighted by Gasteiger charge is -2.28. The van der Waals surface area contributed by atoms with Gasteiger partial charge in [-0.1, -0.05) is 12.1 Å². The van der Waals surface area contributed by atoms with E-state index in [1.54, 1.807) is 6.92 Å². The second kappa shape index (κ2) is 10.1. The molecule has 2 N–H and O–H groups in total. The molecule has 1 saturated heterocycles. The molecule has 1 aliphatic rings. The van der Waals surface area contributed by atoms with Gasteiger partial charge in [-0.25, -0.2) is 0 Å². The number of likely N-dealkylation sites (tertiary alicyclic amines) is 1. The van der Waals surface area contributed by atoms with Crippen molar-refractivity contribution in [2.24, 2.45) is 5.92 Å². The molecule has 0 bridgehead atoms. The van der Waals surface area contributed by atoms with Crippen LogP contribution in [0.25, 0.3) is 0 Å². The number of anilines is 1. The lowest BCUT2D eigenvalue weighted by Crippen LogP contribution is -3.14. The number of hydrogen-bond donors (Lipinski definition) is 2. The second-order valence-electron chi connectivity index (χ2n) is 5.96. The molecule has 1 aliphatic heterocycles. The predicted octanol–water partition coefficient (Wildman–Crippen LogP) is 1.10. The second-order valence-corrected chi connectivity index (χ2v) is 6.98. The first-order valence-electron chi connectivity index (χ1n) is 8.52. The number of nitrogens with one attached hydrogen (secondary N) is 2. The van der Waals surface area contributed by atoms with Gasteiger partial charge in [0.25, 0.3) is 5.91 Å². The van der Waals surface area contributed by atoms with E-state index in [0.29, 0.717) is 25.4 Å². The molecule has 1 heterocycles. The van der Waals surface area contributed by atoms with Crippen LogP contribution in [-0.4, -0.2) is 43.9 Å². The van der Waals surface area contributed by atoms with Gasteiger partial charge in [0.15, 0.2) is 6.54 Å². The largest absolute Gasteiger partial charge is 0.466 e. The number of nitrogens with zero attached hydrogens (tertiary/aromatic N) is 1. The van der Waals surface area contributed by atoms with Crippen molar-refractivity contribution >= 4 is 29.3 Å². The molecule has 0 saturated carbocycles. The number of rotatable bonds is 7. The van der Waals surface area contributed by atoms with Crippen LogP contribution in [0.15, 0.2) is 29.2 Å². The molecule has 6 nitrogen and oxygen atoms in total. The van der Waals surface area contributed by atoms with E-state index in [1.807, 2.05) is 24.3 Å². The van der Waals surface area contributed by atoms with Crippen molar-refractivity contribution in [3.8, 4) is 6.07 Å². The zero-order valence-electron chi connectivity index (χ0n) is 14.4. The molecule has 7 heteroatoms. The van der Waals surface area contributed by atoms with Crippen molar-refractivity contribution in [2.75, 3.05) is 37.3 Å². The van der Waals surface area contributed by atoms with Gasteiger partial charge < -0.3 is 15.0 Å². The van der Waals surface area contributed by atoms with Crippen molar-refractivity contribution in [3.63, 3.8) is 0 Å². The Morgan fingerprint density at radius 2 is 2.24 bits per heavy atom. The summed E-state index contributed by atoms with van der Waals surface area (Å²) >= 11 is 1.40. The summed E-state index contributed by atoms with van der Waals surface area (Å²) in [5.41, 5.74) is 0.728. The highest BCUT2D eigenvalue weighted by atomic mass is 32.2. The van der Waals surface area contributed by atoms with Gasteiger partial charge in [0, 0.05) is 4.90 Å². The predicted molar refractivity (Wildman–Crippen MR) is 96.3 cm³/mol. The molecule has 25 heavy (non-hydrogen) atoms. The summed E-state index contributed by atoms with van der Waals surface area (Å²) in [5, 5.41) is 11.7. The maximum atomic E-state index is 12.4. The number of hydrogen-bond acceptors (Lipinski definition) is 5. The fourth-order valence-corrected chi connectivity index (χ4v) is 3.67. The number of nitriles is 1. The molecule has 1 fully saturated rings. The van der Waals surface area contributed by atoms with E-state index in [1.165, 1.54) is 11.8 Å². The van der Waals surface area contributed by atoms with Gasteiger partial charge >= 0.3 is 5.97 Å². The Morgan fingerprint density at radius 3 is 3.00 bits per heavy atom. The Hall–Kier alpha value is -2.04. The fourth-order valence-electron chi connectivity index (χ4n) is 3.00. The highest BCUT2D eigenvalue weighted by molar-refractivity contribution is 7.99. The number of carbonyl (C=O) groups excluding carboxylic acids is 2. The number of amides is 1. The standard InChI is InChI=1S/C18H23N3O3S/c1-2-24-18(23)14-6-5-10-21(12-14)13-17(22)20-15-7-3-4-8-16(15)25-11-9-19/h3-4,7-8,14H,2,5-6,10-13H2,1H3,(H,20,22)/p+1/t14-/m1/s1. The van der Waals surface area contributed by atoms with Gasteiger partial charge in [0.1, 0.15) is 5.92 Å². The monoisotopic (exact) mass is 362 g/mol. The maximum Gasteiger partial charge on any atom is 0.314 e. The van der Waals surface area contributed by atoms with Crippen molar-refractivity contribution in [1.82, 2.24) is 0 Å². The zero-order chi connectivity index (χ0) is 18.1. The van der Waals surface area contributed by atoms with Gasteiger partial charge in [0.2, 0.25) is 0 Å². The smallest absolute Gasteiger partial charge is 0.314 e. The summed E-state index contributed by atoms with van der Waals surface area (Å²) in [4.78, 5) is 26.3. The number of carbonyl (C=O) groups is 2. The van der Waals surface area contributed by atoms with Crippen LogP contribution in [0.5, 0.6) is 0 Å². The highest BCUT2D eigenvalue weighted by Crippen LogP contribution is 2.26. The number of esters is 1. The van der Waals surface area contributed by atoms with Gasteiger partial charge in [-0.15, -0.1) is 11.8 Å². The summed E-state index contributed by atoms with van der Waals surface area (Å²) in [6.45, 7) is 4.04. The third kappa shape index (κ3) is 6.07. The highest BCUT2D eigenvalue weighted by Gasteiger charge is 2.30. The summed E-state index contributed by atoms with van der Waals surface area (Å²) in [6, 6.07) is 9.56. The van der Waals surface area contributed by atoms with Crippen LogP contribution >= 0.6 is 11.8 Å². The quantitative estimate of drug-likeness (QED) is 0.561. The first-order valence-corrected chi connectivity index (χ1v) is 9.51. The Labute approximate surface area is 152 Å². The summed E-state index contributed by atoms with van der Waals surface area (Å²) in [7, 11) is 0. The minimum absolute atomic E-state index is 0.0792. The molecular weight excluding hydrogens is 338 g/mol. The average Bonchev–Trinajstić information content (AvgIpc) is 2.61. The van der Waals surface area contributed by atoms with E-state index in [-0.39, 0.29) is 17.8 Å². The molecule has 1 aromatic carbocycles. The topological polar surface area (TPSA) is 83.6 Å². The molecule has 2 atom stereocenters. The van der Waals surface area contributed by atoms with Crippen LogP contribution in [0, 0.1) is 17.2 Å². The van der Waals surface area contributed by atoms with E-state index < -0.39 is 0 Å². The Kier molecular flexibility index (Phi) is 7.76. The van der Waals surface area contributed by atoms with Crippen molar-refractivity contribution in [2.45, 2.75) is 24.7 Å². The molecule has 0 aliphatic carbocycles. The van der Waals surface area contributed by atoms with E-state index in [0.717, 1.165) is 34.9 Å². The van der Waals surface area contributed by atoms with Gasteiger partial charge in [-0.3, -0.25) is 9.59 Å². The first kappa shape index (κ1) is 19.3.